The van der Waals surface area contributed by atoms with E-state index in [4.69, 9.17) is 5.73 Å². The topological polar surface area (TPSA) is 127 Å². The van der Waals surface area contributed by atoms with Gasteiger partial charge in [0.25, 0.3) is 11.8 Å². The lowest BCUT2D eigenvalue weighted by Gasteiger charge is -2.13. The highest BCUT2D eigenvalue weighted by atomic mass is 16.3. The Morgan fingerprint density at radius 2 is 2.13 bits per heavy atom. The highest BCUT2D eigenvalue weighted by Crippen LogP contribution is 2.23. The Balaban J connectivity index is 1.72. The van der Waals surface area contributed by atoms with E-state index >= 15 is 0 Å². The van der Waals surface area contributed by atoms with Crippen LogP contribution in [0.25, 0.3) is 16.9 Å². The van der Waals surface area contributed by atoms with Crippen molar-refractivity contribution in [3.63, 3.8) is 0 Å². The van der Waals surface area contributed by atoms with Crippen LogP contribution in [0.2, 0.25) is 0 Å². The van der Waals surface area contributed by atoms with Gasteiger partial charge in [0.1, 0.15) is 18.3 Å². The number of carbonyl (C=O) groups is 2. The number of nitrogens with zero attached hydrogens (tertiary/aromatic N) is 5. The summed E-state index contributed by atoms with van der Waals surface area (Å²) in [5, 5.41) is 14.5. The average molecular weight is 402 g/mol. The minimum atomic E-state index is -1.67. The molecule has 0 saturated carbocycles. The normalized spacial score (nSPS) is 18.2. The van der Waals surface area contributed by atoms with Gasteiger partial charge in [-0.1, -0.05) is 24.0 Å². The third-order valence-electron chi connectivity index (χ3n) is 4.83. The van der Waals surface area contributed by atoms with Gasteiger partial charge in [-0.3, -0.25) is 9.59 Å². The molecule has 1 saturated heterocycles. The lowest BCUT2D eigenvalue weighted by atomic mass is 10.0. The van der Waals surface area contributed by atoms with E-state index in [2.05, 4.69) is 26.9 Å². The molecule has 0 radical (unpaired) electrons. The summed E-state index contributed by atoms with van der Waals surface area (Å²) in [6.45, 7) is 0.457. The number of primary amides is 1. The van der Waals surface area contributed by atoms with Crippen LogP contribution in [0, 0.1) is 11.8 Å². The molecule has 0 unspecified atom stereocenters. The van der Waals surface area contributed by atoms with Gasteiger partial charge in [0.15, 0.2) is 0 Å². The molecule has 1 aliphatic heterocycles. The summed E-state index contributed by atoms with van der Waals surface area (Å²) < 4.78 is 1.50. The molecule has 30 heavy (non-hydrogen) atoms. The lowest BCUT2D eigenvalue weighted by molar-refractivity contribution is -0.137. The number of likely N-dealkylation sites (tertiary alicyclic amines) is 1. The zero-order chi connectivity index (χ0) is 21.3. The van der Waals surface area contributed by atoms with Gasteiger partial charge in [0.2, 0.25) is 5.60 Å². The van der Waals surface area contributed by atoms with Crippen LogP contribution in [0.5, 0.6) is 0 Å². The summed E-state index contributed by atoms with van der Waals surface area (Å²) in [6.07, 6.45) is 3.15. The van der Waals surface area contributed by atoms with Gasteiger partial charge >= 0.3 is 0 Å². The molecule has 1 aliphatic rings. The Hall–Kier alpha value is -4.03. The molecular weight excluding hydrogens is 384 g/mol. The Kier molecular flexibility index (Phi) is 4.77. The quantitative estimate of drug-likeness (QED) is 0.610. The highest BCUT2D eigenvalue weighted by molar-refractivity contribution is 5.92. The fourth-order valence-electron chi connectivity index (χ4n) is 3.17. The largest absolute Gasteiger partial charge is 0.369 e. The molecule has 3 aromatic rings. The smallest absolute Gasteiger partial charge is 0.267 e. The van der Waals surface area contributed by atoms with Crippen LogP contribution < -0.4 is 5.73 Å². The summed E-state index contributed by atoms with van der Waals surface area (Å²) >= 11 is 0. The summed E-state index contributed by atoms with van der Waals surface area (Å²) in [4.78, 5) is 33.5. The Morgan fingerprint density at radius 1 is 1.30 bits per heavy atom. The highest BCUT2D eigenvalue weighted by Gasteiger charge is 2.42. The number of rotatable bonds is 3. The molecule has 0 spiro atoms. The zero-order valence-electron chi connectivity index (χ0n) is 16.1. The number of amides is 2. The van der Waals surface area contributed by atoms with Crippen LogP contribution >= 0.6 is 0 Å². The van der Waals surface area contributed by atoms with Gasteiger partial charge in [-0.05, 0) is 24.3 Å². The molecule has 1 atom stereocenters. The molecule has 0 aliphatic carbocycles. The van der Waals surface area contributed by atoms with Crippen molar-refractivity contribution < 1.29 is 14.7 Å². The van der Waals surface area contributed by atoms with Crippen molar-refractivity contribution in [3.8, 4) is 28.8 Å². The number of hydrogen-bond donors (Lipinski definition) is 2. The van der Waals surface area contributed by atoms with Crippen molar-refractivity contribution in [2.24, 2.45) is 5.73 Å². The van der Waals surface area contributed by atoms with Gasteiger partial charge in [0.05, 0.1) is 11.4 Å². The predicted octanol–water partition coefficient (Wildman–Crippen LogP) is 0.373. The van der Waals surface area contributed by atoms with Crippen molar-refractivity contribution in [3.05, 3.63) is 60.3 Å². The standard InChI is InChI=1S/C21H18N6O3/c1-26-8-7-21(30,20(26)29)6-5-14-3-2-4-15(9-14)17-10-16(27-13-23-12-24-27)11-18(25-17)19(22)28/h2-4,9-13,30H,7-8H2,1H3,(H2,22,28)/t21-/m0/s1. The minimum Gasteiger partial charge on any atom is -0.369 e. The summed E-state index contributed by atoms with van der Waals surface area (Å²) in [5.74, 6) is 4.50. The van der Waals surface area contributed by atoms with Crippen LogP contribution in [0.1, 0.15) is 22.5 Å². The SMILES string of the molecule is CN1CC[C@@](O)(C#Cc2cccc(-c3cc(-n4cncn4)cc(C(N)=O)n3)c2)C1=O. The van der Waals surface area contributed by atoms with E-state index in [0.717, 1.165) is 0 Å². The van der Waals surface area contributed by atoms with Gasteiger partial charge in [-0.2, -0.15) is 5.10 Å². The summed E-state index contributed by atoms with van der Waals surface area (Å²) in [6, 6.07) is 10.4. The summed E-state index contributed by atoms with van der Waals surface area (Å²) in [5.41, 5.74) is 6.21. The monoisotopic (exact) mass is 402 g/mol. The zero-order valence-corrected chi connectivity index (χ0v) is 16.1. The maximum absolute atomic E-state index is 12.1. The number of carbonyl (C=O) groups excluding carboxylic acids is 2. The van der Waals surface area contributed by atoms with E-state index in [-0.39, 0.29) is 12.1 Å². The molecule has 9 nitrogen and oxygen atoms in total. The number of pyridine rings is 1. The van der Waals surface area contributed by atoms with E-state index in [1.165, 1.54) is 28.3 Å². The molecule has 0 bridgehead atoms. The second kappa shape index (κ2) is 7.42. The maximum Gasteiger partial charge on any atom is 0.267 e. The molecule has 9 heteroatoms. The van der Waals surface area contributed by atoms with Crippen LogP contribution in [-0.4, -0.2) is 60.8 Å². The van der Waals surface area contributed by atoms with Crippen LogP contribution in [0.3, 0.4) is 0 Å². The van der Waals surface area contributed by atoms with Crippen LogP contribution in [0.4, 0.5) is 0 Å². The first-order valence-electron chi connectivity index (χ1n) is 9.14. The molecule has 4 rings (SSSR count). The Labute approximate surface area is 172 Å². The first kappa shape index (κ1) is 19.3. The fourth-order valence-corrected chi connectivity index (χ4v) is 3.17. The van der Waals surface area contributed by atoms with Crippen molar-refractivity contribution in [1.29, 1.82) is 0 Å². The minimum absolute atomic E-state index is 0.0865. The number of aromatic nitrogens is 4. The van der Waals surface area contributed by atoms with E-state index < -0.39 is 17.4 Å². The van der Waals surface area contributed by atoms with Gasteiger partial charge in [0, 0.05) is 31.1 Å². The summed E-state index contributed by atoms with van der Waals surface area (Å²) in [7, 11) is 1.63. The molecule has 2 aromatic heterocycles. The Morgan fingerprint density at radius 3 is 2.80 bits per heavy atom. The first-order valence-corrected chi connectivity index (χ1v) is 9.14. The van der Waals surface area contributed by atoms with Crippen LogP contribution in [-0.2, 0) is 4.79 Å². The number of hydrogen-bond acceptors (Lipinski definition) is 6. The molecule has 1 aromatic carbocycles. The molecule has 2 amide bonds. The molecule has 3 heterocycles. The van der Waals surface area contributed by atoms with E-state index in [9.17, 15) is 14.7 Å². The van der Waals surface area contributed by atoms with Crippen molar-refractivity contribution in [2.75, 3.05) is 13.6 Å². The number of benzene rings is 1. The predicted molar refractivity (Wildman–Crippen MR) is 107 cm³/mol. The molecular formula is C21H18N6O3. The second-order valence-corrected chi connectivity index (χ2v) is 6.97. The maximum atomic E-state index is 12.1. The first-order chi connectivity index (χ1) is 14.4. The van der Waals surface area contributed by atoms with Gasteiger partial charge in [-0.25, -0.2) is 14.6 Å². The van der Waals surface area contributed by atoms with Crippen molar-refractivity contribution in [1.82, 2.24) is 24.6 Å². The average Bonchev–Trinajstić information content (AvgIpc) is 3.38. The van der Waals surface area contributed by atoms with E-state index in [0.29, 0.717) is 29.1 Å². The lowest BCUT2D eigenvalue weighted by Crippen LogP contribution is -2.37. The molecule has 150 valence electrons. The van der Waals surface area contributed by atoms with Crippen LogP contribution in [0.15, 0.2) is 49.1 Å². The molecule has 3 N–H and O–H groups in total. The Bertz CT molecular complexity index is 1190. The van der Waals surface area contributed by atoms with Crippen molar-refractivity contribution >= 4 is 11.8 Å². The number of likely N-dealkylation sites (N-methyl/N-ethyl adjacent to an activating group) is 1. The van der Waals surface area contributed by atoms with Gasteiger partial charge in [-0.15, -0.1) is 0 Å². The second-order valence-electron chi connectivity index (χ2n) is 6.97. The van der Waals surface area contributed by atoms with Crippen molar-refractivity contribution in [2.45, 2.75) is 12.0 Å². The third-order valence-corrected chi connectivity index (χ3v) is 4.83. The van der Waals surface area contributed by atoms with E-state index in [1.54, 1.807) is 31.3 Å². The fraction of sp³-hybridized carbons (Fsp3) is 0.190. The number of nitrogens with two attached hydrogens (primary N) is 1. The third kappa shape index (κ3) is 3.64. The number of aliphatic hydroxyl groups is 1. The molecule has 1 fully saturated rings. The van der Waals surface area contributed by atoms with E-state index in [1.807, 2.05) is 6.07 Å². The van der Waals surface area contributed by atoms with Gasteiger partial charge < -0.3 is 15.7 Å².